The lowest BCUT2D eigenvalue weighted by molar-refractivity contribution is -0.117. The number of carbonyl (C=O) groups is 2. The predicted octanol–water partition coefficient (Wildman–Crippen LogP) is 4.90. The van der Waals surface area contributed by atoms with Gasteiger partial charge in [-0.05, 0) is 48.7 Å². The van der Waals surface area contributed by atoms with Crippen molar-refractivity contribution >= 4 is 35.1 Å². The van der Waals surface area contributed by atoms with E-state index in [4.69, 9.17) is 0 Å². The lowest BCUT2D eigenvalue weighted by Crippen LogP contribution is -2.19. The molecule has 1 aromatic heterocycles. The highest BCUT2D eigenvalue weighted by molar-refractivity contribution is 8.00. The van der Waals surface area contributed by atoms with Crippen molar-refractivity contribution < 1.29 is 9.59 Å². The highest BCUT2D eigenvalue weighted by Crippen LogP contribution is 2.37. The van der Waals surface area contributed by atoms with Crippen molar-refractivity contribution in [2.24, 2.45) is 5.92 Å². The van der Waals surface area contributed by atoms with Crippen LogP contribution in [0, 0.1) is 5.92 Å². The average Bonchev–Trinajstić information content (AvgIpc) is 3.59. The van der Waals surface area contributed by atoms with Crippen molar-refractivity contribution in [3.05, 3.63) is 84.6 Å². The number of aromatic nitrogens is 1. The first-order valence-corrected chi connectivity index (χ1v) is 10.4. The van der Waals surface area contributed by atoms with Gasteiger partial charge in [-0.25, -0.2) is 4.98 Å². The maximum Gasteiger partial charge on any atom is 0.243 e. The molecule has 0 radical (unpaired) electrons. The fourth-order valence-corrected chi connectivity index (χ4v) is 3.99. The molecule has 0 aliphatic heterocycles. The molecule has 2 N–H and O–H groups in total. The van der Waals surface area contributed by atoms with Crippen molar-refractivity contribution in [2.75, 3.05) is 10.6 Å². The SMILES string of the molecule is O=C(Nc1cccc(SC(C(=O)Nc2ccccn2)c2ccccc2)c1)C1CC1. The number of rotatable bonds is 7. The molecule has 1 aliphatic carbocycles. The van der Waals surface area contributed by atoms with Gasteiger partial charge in [0.25, 0.3) is 0 Å². The number of hydrogen-bond acceptors (Lipinski definition) is 4. The van der Waals surface area contributed by atoms with Gasteiger partial charge in [0.1, 0.15) is 11.1 Å². The van der Waals surface area contributed by atoms with E-state index in [9.17, 15) is 9.59 Å². The number of benzene rings is 2. The third kappa shape index (κ3) is 5.23. The Morgan fingerprint density at radius 2 is 1.72 bits per heavy atom. The number of nitrogens with one attached hydrogen (secondary N) is 2. The van der Waals surface area contributed by atoms with Crippen LogP contribution in [-0.2, 0) is 9.59 Å². The first-order valence-electron chi connectivity index (χ1n) is 9.53. The molecule has 4 rings (SSSR count). The van der Waals surface area contributed by atoms with E-state index in [1.165, 1.54) is 11.8 Å². The van der Waals surface area contributed by atoms with E-state index < -0.39 is 5.25 Å². The third-order valence-electron chi connectivity index (χ3n) is 4.56. The van der Waals surface area contributed by atoms with Gasteiger partial charge in [-0.1, -0.05) is 42.5 Å². The summed E-state index contributed by atoms with van der Waals surface area (Å²) in [6.07, 6.45) is 3.57. The minimum atomic E-state index is -0.451. The summed E-state index contributed by atoms with van der Waals surface area (Å²) in [4.78, 5) is 30.2. The fourth-order valence-electron chi connectivity index (χ4n) is 2.90. The average molecular weight is 404 g/mol. The van der Waals surface area contributed by atoms with E-state index in [1.54, 1.807) is 18.3 Å². The van der Waals surface area contributed by atoms with Gasteiger partial charge in [0, 0.05) is 22.7 Å². The number of amides is 2. The third-order valence-corrected chi connectivity index (χ3v) is 5.81. The maximum absolute atomic E-state index is 13.0. The lowest BCUT2D eigenvalue weighted by atomic mass is 10.1. The van der Waals surface area contributed by atoms with Crippen LogP contribution in [-0.4, -0.2) is 16.8 Å². The Morgan fingerprint density at radius 3 is 2.45 bits per heavy atom. The molecule has 1 saturated carbocycles. The van der Waals surface area contributed by atoms with E-state index in [0.717, 1.165) is 29.0 Å². The lowest BCUT2D eigenvalue weighted by Gasteiger charge is -2.17. The molecular weight excluding hydrogens is 382 g/mol. The Morgan fingerprint density at radius 1 is 0.931 bits per heavy atom. The summed E-state index contributed by atoms with van der Waals surface area (Å²) in [7, 11) is 0. The molecule has 1 fully saturated rings. The van der Waals surface area contributed by atoms with Crippen molar-refractivity contribution in [2.45, 2.75) is 23.0 Å². The summed E-state index contributed by atoms with van der Waals surface area (Å²) in [6.45, 7) is 0. The molecule has 1 aliphatic rings. The Bertz CT molecular complexity index is 991. The van der Waals surface area contributed by atoms with Crippen molar-refractivity contribution in [1.29, 1.82) is 0 Å². The monoisotopic (exact) mass is 403 g/mol. The maximum atomic E-state index is 13.0. The van der Waals surface area contributed by atoms with Gasteiger partial charge >= 0.3 is 0 Å². The van der Waals surface area contributed by atoms with Gasteiger partial charge in [0.05, 0.1) is 0 Å². The molecule has 6 heteroatoms. The molecule has 146 valence electrons. The largest absolute Gasteiger partial charge is 0.326 e. The molecule has 0 bridgehead atoms. The van der Waals surface area contributed by atoms with Gasteiger partial charge in [-0.15, -0.1) is 11.8 Å². The predicted molar refractivity (Wildman–Crippen MR) is 116 cm³/mol. The second-order valence-electron chi connectivity index (χ2n) is 6.90. The number of hydrogen-bond donors (Lipinski definition) is 2. The quantitative estimate of drug-likeness (QED) is 0.550. The first kappa shape index (κ1) is 19.2. The molecule has 2 aromatic carbocycles. The molecule has 2 amide bonds. The highest BCUT2D eigenvalue weighted by atomic mass is 32.2. The van der Waals surface area contributed by atoms with E-state index in [2.05, 4.69) is 15.6 Å². The first-order chi connectivity index (χ1) is 14.2. The van der Waals surface area contributed by atoms with E-state index >= 15 is 0 Å². The van der Waals surface area contributed by atoms with Crippen LogP contribution in [0.1, 0.15) is 23.7 Å². The second kappa shape index (κ2) is 8.92. The molecule has 29 heavy (non-hydrogen) atoms. The van der Waals surface area contributed by atoms with Crippen LogP contribution in [0.2, 0.25) is 0 Å². The fraction of sp³-hybridized carbons (Fsp3) is 0.174. The number of thioether (sulfide) groups is 1. The Hall–Kier alpha value is -3.12. The molecule has 1 atom stereocenters. The summed E-state index contributed by atoms with van der Waals surface area (Å²) in [5.74, 6) is 0.587. The van der Waals surface area contributed by atoms with Crippen LogP contribution in [0.15, 0.2) is 83.9 Å². The Kier molecular flexibility index (Phi) is 5.91. The molecule has 1 heterocycles. The zero-order chi connectivity index (χ0) is 20.1. The van der Waals surface area contributed by atoms with E-state index in [0.29, 0.717) is 5.82 Å². The smallest absolute Gasteiger partial charge is 0.243 e. The standard InChI is InChI=1S/C23H21N3O2S/c27-22(17-12-13-17)25-18-9-6-10-19(15-18)29-21(16-7-2-1-3-8-16)23(28)26-20-11-4-5-14-24-20/h1-11,14-15,17,21H,12-13H2,(H,25,27)(H,24,26,28). The number of carbonyl (C=O) groups excluding carboxylic acids is 2. The Balaban J connectivity index is 1.54. The molecule has 0 saturated heterocycles. The van der Waals surface area contributed by atoms with Crippen molar-refractivity contribution in [1.82, 2.24) is 4.98 Å². The summed E-state index contributed by atoms with van der Waals surface area (Å²) >= 11 is 1.44. The molecule has 1 unspecified atom stereocenters. The zero-order valence-corrected chi connectivity index (χ0v) is 16.6. The van der Waals surface area contributed by atoms with Gasteiger partial charge in [0.2, 0.25) is 11.8 Å². The highest BCUT2D eigenvalue weighted by Gasteiger charge is 2.29. The number of pyridine rings is 1. The zero-order valence-electron chi connectivity index (χ0n) is 15.7. The van der Waals surface area contributed by atoms with Crippen molar-refractivity contribution in [3.8, 4) is 0 Å². The minimum absolute atomic E-state index is 0.0691. The molecular formula is C23H21N3O2S. The Labute approximate surface area is 173 Å². The van der Waals surface area contributed by atoms with Crippen molar-refractivity contribution in [3.63, 3.8) is 0 Å². The van der Waals surface area contributed by atoms with Crippen LogP contribution < -0.4 is 10.6 Å². The number of anilines is 2. The topological polar surface area (TPSA) is 71.1 Å². The minimum Gasteiger partial charge on any atom is -0.326 e. The van der Waals surface area contributed by atoms with Crippen LogP contribution in [0.3, 0.4) is 0 Å². The molecule has 5 nitrogen and oxygen atoms in total. The van der Waals surface area contributed by atoms with Gasteiger partial charge < -0.3 is 10.6 Å². The van der Waals surface area contributed by atoms with Gasteiger partial charge in [0.15, 0.2) is 0 Å². The van der Waals surface area contributed by atoms with Crippen LogP contribution in [0.25, 0.3) is 0 Å². The van der Waals surface area contributed by atoms with Crippen LogP contribution in [0.5, 0.6) is 0 Å². The second-order valence-corrected chi connectivity index (χ2v) is 8.08. The summed E-state index contributed by atoms with van der Waals surface area (Å²) in [6, 6.07) is 22.7. The van der Waals surface area contributed by atoms with Crippen LogP contribution in [0.4, 0.5) is 11.5 Å². The van der Waals surface area contributed by atoms with Gasteiger partial charge in [-0.2, -0.15) is 0 Å². The molecule has 3 aromatic rings. The normalized spacial score (nSPS) is 14.1. The van der Waals surface area contributed by atoms with Gasteiger partial charge in [-0.3, -0.25) is 9.59 Å². The van der Waals surface area contributed by atoms with E-state index in [1.807, 2.05) is 60.7 Å². The summed E-state index contributed by atoms with van der Waals surface area (Å²) < 4.78 is 0. The summed E-state index contributed by atoms with van der Waals surface area (Å²) in [5.41, 5.74) is 1.65. The van der Waals surface area contributed by atoms with Crippen LogP contribution >= 0.6 is 11.8 Å². The van der Waals surface area contributed by atoms with E-state index in [-0.39, 0.29) is 17.7 Å². The molecule has 0 spiro atoms. The summed E-state index contributed by atoms with van der Waals surface area (Å²) in [5, 5.41) is 5.40. The number of nitrogens with zero attached hydrogens (tertiary/aromatic N) is 1.